The third kappa shape index (κ3) is 5.77. The lowest BCUT2D eigenvalue weighted by Gasteiger charge is -2.28. The molecule has 7 heteroatoms. The van der Waals surface area contributed by atoms with Crippen molar-refractivity contribution in [3.63, 3.8) is 0 Å². The van der Waals surface area contributed by atoms with Crippen LogP contribution in [-0.2, 0) is 10.3 Å². The summed E-state index contributed by atoms with van der Waals surface area (Å²) in [6.45, 7) is 12.5. The summed E-state index contributed by atoms with van der Waals surface area (Å²) >= 11 is 0. The molecule has 7 nitrogen and oxygen atoms in total. The Kier molecular flexibility index (Phi) is 7.10. The first-order chi connectivity index (χ1) is 18.6. The van der Waals surface area contributed by atoms with E-state index in [4.69, 9.17) is 9.47 Å². The Morgan fingerprint density at radius 2 is 2.00 bits per heavy atom. The van der Waals surface area contributed by atoms with E-state index in [2.05, 4.69) is 29.0 Å². The van der Waals surface area contributed by atoms with Crippen LogP contribution in [0.5, 0.6) is 5.75 Å². The molecule has 0 radical (unpaired) electrons. The normalized spacial score (nSPS) is 18.1. The van der Waals surface area contributed by atoms with Crippen LogP contribution in [0.15, 0.2) is 55.2 Å². The number of aromatic nitrogens is 1. The molecule has 0 spiro atoms. The van der Waals surface area contributed by atoms with Crippen LogP contribution in [0.4, 0.5) is 4.79 Å². The molecule has 204 valence electrons. The number of pyridine rings is 1. The number of ether oxygens (including phenoxy) is 2. The number of hydrogen-bond acceptors (Lipinski definition) is 5. The van der Waals surface area contributed by atoms with Crippen molar-refractivity contribution in [1.29, 1.82) is 0 Å². The van der Waals surface area contributed by atoms with E-state index in [0.717, 1.165) is 53.3 Å². The molecule has 1 saturated heterocycles. The van der Waals surface area contributed by atoms with E-state index in [-0.39, 0.29) is 18.0 Å². The highest BCUT2D eigenvalue weighted by atomic mass is 16.6. The smallest absolute Gasteiger partial charge is 0.410 e. The maximum Gasteiger partial charge on any atom is 0.410 e. The van der Waals surface area contributed by atoms with Crippen molar-refractivity contribution in [3.8, 4) is 5.75 Å². The summed E-state index contributed by atoms with van der Waals surface area (Å²) in [6.07, 6.45) is 6.78. The van der Waals surface area contributed by atoms with Crippen LogP contribution in [0.3, 0.4) is 0 Å². The van der Waals surface area contributed by atoms with Gasteiger partial charge < -0.3 is 19.7 Å². The van der Waals surface area contributed by atoms with Crippen molar-refractivity contribution in [2.75, 3.05) is 13.2 Å². The Morgan fingerprint density at radius 3 is 2.72 bits per heavy atom. The SMILES string of the molecule is C=Cc1cc(C2(NC(=O)c3cc(OC[C@@H]4CCCN4C(=O)OC(C)(C)C)ccc3C)CC2)c2cccnc2c1. The maximum absolute atomic E-state index is 13.6. The predicted molar refractivity (Wildman–Crippen MR) is 153 cm³/mol. The minimum absolute atomic E-state index is 0.0628. The van der Waals surface area contributed by atoms with Gasteiger partial charge in [0.2, 0.25) is 0 Å². The lowest BCUT2D eigenvalue weighted by atomic mass is 9.95. The molecule has 1 N–H and O–H groups in total. The fourth-order valence-electron chi connectivity index (χ4n) is 5.29. The summed E-state index contributed by atoms with van der Waals surface area (Å²) in [7, 11) is 0. The van der Waals surface area contributed by atoms with Crippen molar-refractivity contribution in [3.05, 3.63) is 77.5 Å². The molecule has 2 aliphatic rings. The van der Waals surface area contributed by atoms with Crippen molar-refractivity contribution in [2.24, 2.45) is 0 Å². The number of likely N-dealkylation sites (tertiary alicyclic amines) is 1. The van der Waals surface area contributed by atoms with Crippen LogP contribution in [0.25, 0.3) is 17.0 Å². The molecule has 0 unspecified atom stereocenters. The predicted octanol–water partition coefficient (Wildman–Crippen LogP) is 6.38. The quantitative estimate of drug-likeness (QED) is 0.385. The van der Waals surface area contributed by atoms with Gasteiger partial charge in [0.05, 0.1) is 17.1 Å². The number of nitrogens with one attached hydrogen (secondary N) is 1. The number of carbonyl (C=O) groups excluding carboxylic acids is 2. The van der Waals surface area contributed by atoms with Crippen LogP contribution in [0, 0.1) is 6.92 Å². The summed E-state index contributed by atoms with van der Waals surface area (Å²) in [6, 6.07) is 13.6. The number of amides is 2. The molecule has 39 heavy (non-hydrogen) atoms. The summed E-state index contributed by atoms with van der Waals surface area (Å²) in [5.41, 5.74) is 3.43. The Bertz CT molecular complexity index is 1420. The van der Waals surface area contributed by atoms with E-state index in [1.54, 1.807) is 17.2 Å². The van der Waals surface area contributed by atoms with Crippen LogP contribution in [-0.4, -0.2) is 46.7 Å². The number of nitrogens with zero attached hydrogens (tertiary/aromatic N) is 2. The first kappa shape index (κ1) is 26.7. The second-order valence-electron chi connectivity index (χ2n) is 11.6. The van der Waals surface area contributed by atoms with E-state index >= 15 is 0 Å². The monoisotopic (exact) mass is 527 g/mol. The number of aryl methyl sites for hydroxylation is 1. The number of benzene rings is 2. The molecule has 1 aliphatic carbocycles. The number of rotatable bonds is 7. The zero-order valence-corrected chi connectivity index (χ0v) is 23.3. The van der Waals surface area contributed by atoms with E-state index in [1.807, 2.05) is 58.0 Å². The molecule has 2 amide bonds. The summed E-state index contributed by atoms with van der Waals surface area (Å²) in [5, 5.41) is 4.37. The van der Waals surface area contributed by atoms with E-state index in [0.29, 0.717) is 24.5 Å². The third-order valence-corrected chi connectivity index (χ3v) is 7.50. The van der Waals surface area contributed by atoms with Gasteiger partial charge in [-0.05, 0) is 100 Å². The van der Waals surface area contributed by atoms with Crippen LogP contribution < -0.4 is 10.1 Å². The van der Waals surface area contributed by atoms with Gasteiger partial charge in [0.25, 0.3) is 5.91 Å². The van der Waals surface area contributed by atoms with Gasteiger partial charge in [0.1, 0.15) is 18.0 Å². The van der Waals surface area contributed by atoms with Crippen molar-refractivity contribution in [1.82, 2.24) is 15.2 Å². The van der Waals surface area contributed by atoms with Gasteiger partial charge in [-0.3, -0.25) is 9.78 Å². The molecule has 1 saturated carbocycles. The van der Waals surface area contributed by atoms with Crippen LogP contribution in [0.2, 0.25) is 0 Å². The topological polar surface area (TPSA) is 80.8 Å². The average molecular weight is 528 g/mol. The first-order valence-corrected chi connectivity index (χ1v) is 13.7. The second-order valence-corrected chi connectivity index (χ2v) is 11.6. The van der Waals surface area contributed by atoms with Gasteiger partial charge in [-0.15, -0.1) is 0 Å². The number of fused-ring (bicyclic) bond motifs is 1. The van der Waals surface area contributed by atoms with Gasteiger partial charge in [-0.1, -0.05) is 24.8 Å². The molecule has 3 aromatic rings. The lowest BCUT2D eigenvalue weighted by molar-refractivity contribution is 0.0187. The summed E-state index contributed by atoms with van der Waals surface area (Å²) in [5.74, 6) is 0.475. The van der Waals surface area contributed by atoms with Gasteiger partial charge in [-0.2, -0.15) is 0 Å². The highest BCUT2D eigenvalue weighted by Crippen LogP contribution is 2.48. The molecule has 2 fully saturated rings. The second kappa shape index (κ2) is 10.4. The van der Waals surface area contributed by atoms with E-state index < -0.39 is 11.1 Å². The molecule has 2 aromatic carbocycles. The number of carbonyl (C=O) groups is 2. The standard InChI is InChI=1S/C32H37N3O4/c1-6-22-17-27(25-10-7-15-33-28(25)18-22)32(13-14-32)34-29(36)26-19-24(12-11-21(26)2)38-20-23-9-8-16-35(23)30(37)39-31(3,4)5/h6-7,10-12,15,17-19,23H,1,8-9,13-14,16,20H2,2-5H3,(H,34,36)/t23-/m0/s1. The fourth-order valence-corrected chi connectivity index (χ4v) is 5.29. The minimum atomic E-state index is -0.543. The fraction of sp³-hybridized carbons (Fsp3) is 0.406. The zero-order chi connectivity index (χ0) is 27.8. The average Bonchev–Trinajstić information content (AvgIpc) is 3.51. The number of hydrogen-bond donors (Lipinski definition) is 1. The zero-order valence-electron chi connectivity index (χ0n) is 23.3. The van der Waals surface area contributed by atoms with Crippen molar-refractivity contribution in [2.45, 2.75) is 70.6 Å². The van der Waals surface area contributed by atoms with Gasteiger partial charge in [-0.25, -0.2) is 4.79 Å². The summed E-state index contributed by atoms with van der Waals surface area (Å²) < 4.78 is 11.7. The van der Waals surface area contributed by atoms with Gasteiger partial charge in [0, 0.05) is 23.7 Å². The summed E-state index contributed by atoms with van der Waals surface area (Å²) in [4.78, 5) is 32.5. The van der Waals surface area contributed by atoms with Crippen molar-refractivity contribution >= 4 is 29.0 Å². The molecule has 1 aliphatic heterocycles. The molecule has 0 bridgehead atoms. The molecule has 2 heterocycles. The highest BCUT2D eigenvalue weighted by Gasteiger charge is 2.47. The molecule has 1 aromatic heterocycles. The first-order valence-electron chi connectivity index (χ1n) is 13.7. The van der Waals surface area contributed by atoms with E-state index in [9.17, 15) is 9.59 Å². The highest BCUT2D eigenvalue weighted by molar-refractivity contribution is 5.97. The Morgan fingerprint density at radius 1 is 1.21 bits per heavy atom. The van der Waals surface area contributed by atoms with Crippen LogP contribution >= 0.6 is 0 Å². The lowest BCUT2D eigenvalue weighted by Crippen LogP contribution is -2.42. The van der Waals surface area contributed by atoms with Gasteiger partial charge in [0.15, 0.2) is 0 Å². The van der Waals surface area contributed by atoms with E-state index in [1.165, 1.54) is 0 Å². The van der Waals surface area contributed by atoms with Gasteiger partial charge >= 0.3 is 6.09 Å². The molecule has 1 atom stereocenters. The van der Waals surface area contributed by atoms with Crippen molar-refractivity contribution < 1.29 is 19.1 Å². The largest absolute Gasteiger partial charge is 0.491 e. The molecular weight excluding hydrogens is 490 g/mol. The van der Waals surface area contributed by atoms with Crippen LogP contribution in [0.1, 0.15) is 73.5 Å². The molecule has 5 rings (SSSR count). The Hall–Kier alpha value is -3.87. The maximum atomic E-state index is 13.6. The Balaban J connectivity index is 1.31. The minimum Gasteiger partial charge on any atom is -0.491 e. The third-order valence-electron chi connectivity index (χ3n) is 7.50. The Labute approximate surface area is 230 Å². The molecular formula is C32H37N3O4.